The first kappa shape index (κ1) is 12.4. The molecule has 2 nitrogen and oxygen atoms in total. The second-order valence-electron chi connectivity index (χ2n) is 4.45. The average molecular weight is 264 g/mol. The number of nitrogens with zero attached hydrogens (tertiary/aromatic N) is 1. The first-order valence-electron chi connectivity index (χ1n) is 6.34. The molecule has 0 aliphatic carbocycles. The van der Waals surface area contributed by atoms with Crippen molar-refractivity contribution in [2.75, 3.05) is 5.32 Å². The summed E-state index contributed by atoms with van der Waals surface area (Å²) in [5.41, 5.74) is 4.00. The summed E-state index contributed by atoms with van der Waals surface area (Å²) in [6, 6.07) is 18.3. The molecular formula is C17H13FN2. The van der Waals surface area contributed by atoms with E-state index >= 15 is 0 Å². The van der Waals surface area contributed by atoms with Crippen LogP contribution in [0.15, 0.2) is 73.1 Å². The van der Waals surface area contributed by atoms with Crippen LogP contribution in [0.2, 0.25) is 0 Å². The molecule has 1 heterocycles. The topological polar surface area (TPSA) is 24.9 Å². The van der Waals surface area contributed by atoms with E-state index in [0.717, 1.165) is 22.5 Å². The van der Waals surface area contributed by atoms with Crippen molar-refractivity contribution >= 4 is 11.4 Å². The first-order chi connectivity index (χ1) is 9.81. The molecule has 0 bridgehead atoms. The molecule has 0 radical (unpaired) electrons. The van der Waals surface area contributed by atoms with Crippen molar-refractivity contribution < 1.29 is 4.39 Å². The Balaban J connectivity index is 1.88. The second-order valence-corrected chi connectivity index (χ2v) is 4.45. The molecule has 3 aromatic rings. The van der Waals surface area contributed by atoms with Crippen LogP contribution in [0, 0.1) is 5.82 Å². The Bertz CT molecular complexity index is 694. The highest BCUT2D eigenvalue weighted by Crippen LogP contribution is 2.24. The molecule has 1 N–H and O–H groups in total. The van der Waals surface area contributed by atoms with Crippen LogP contribution in [-0.4, -0.2) is 4.98 Å². The highest BCUT2D eigenvalue weighted by Gasteiger charge is 2.00. The minimum Gasteiger partial charge on any atom is -0.355 e. The van der Waals surface area contributed by atoms with Gasteiger partial charge in [-0.3, -0.25) is 4.98 Å². The van der Waals surface area contributed by atoms with Crippen molar-refractivity contribution in [1.82, 2.24) is 4.98 Å². The molecule has 2 aromatic carbocycles. The SMILES string of the molecule is Fc1ccc(-c2cccc(Nc3ccncc3)c2)cc1. The summed E-state index contributed by atoms with van der Waals surface area (Å²) >= 11 is 0. The number of nitrogens with one attached hydrogen (secondary N) is 1. The fourth-order valence-corrected chi connectivity index (χ4v) is 2.02. The van der Waals surface area contributed by atoms with E-state index in [1.54, 1.807) is 24.5 Å². The van der Waals surface area contributed by atoms with Gasteiger partial charge < -0.3 is 5.32 Å². The lowest BCUT2D eigenvalue weighted by molar-refractivity contribution is 0.628. The highest BCUT2D eigenvalue weighted by molar-refractivity contribution is 5.70. The van der Waals surface area contributed by atoms with Crippen LogP contribution >= 0.6 is 0 Å². The van der Waals surface area contributed by atoms with E-state index in [4.69, 9.17) is 0 Å². The quantitative estimate of drug-likeness (QED) is 0.746. The van der Waals surface area contributed by atoms with Crippen molar-refractivity contribution in [3.05, 3.63) is 78.9 Å². The van der Waals surface area contributed by atoms with E-state index in [9.17, 15) is 4.39 Å². The molecule has 0 unspecified atom stereocenters. The molecule has 0 saturated carbocycles. The van der Waals surface area contributed by atoms with Gasteiger partial charge in [-0.15, -0.1) is 0 Å². The molecule has 0 aliphatic heterocycles. The van der Waals surface area contributed by atoms with Crippen LogP contribution in [0.5, 0.6) is 0 Å². The van der Waals surface area contributed by atoms with Crippen LogP contribution in [-0.2, 0) is 0 Å². The Kier molecular flexibility index (Phi) is 3.42. The molecule has 98 valence electrons. The van der Waals surface area contributed by atoms with Gasteiger partial charge in [-0.25, -0.2) is 4.39 Å². The van der Waals surface area contributed by atoms with E-state index < -0.39 is 0 Å². The Morgan fingerprint density at radius 1 is 0.750 bits per heavy atom. The van der Waals surface area contributed by atoms with Gasteiger partial charge in [-0.05, 0) is 47.5 Å². The number of benzene rings is 2. The van der Waals surface area contributed by atoms with Crippen LogP contribution < -0.4 is 5.32 Å². The Hall–Kier alpha value is -2.68. The molecule has 0 spiro atoms. The molecule has 20 heavy (non-hydrogen) atoms. The Morgan fingerprint density at radius 3 is 2.25 bits per heavy atom. The zero-order valence-corrected chi connectivity index (χ0v) is 10.8. The summed E-state index contributed by atoms with van der Waals surface area (Å²) < 4.78 is 13.0. The van der Waals surface area contributed by atoms with Crippen LogP contribution in [0.25, 0.3) is 11.1 Å². The minimum atomic E-state index is -0.222. The molecule has 3 heteroatoms. The highest BCUT2D eigenvalue weighted by atomic mass is 19.1. The largest absolute Gasteiger partial charge is 0.355 e. The molecule has 0 aliphatic rings. The third-order valence-electron chi connectivity index (χ3n) is 3.01. The first-order valence-corrected chi connectivity index (χ1v) is 6.34. The van der Waals surface area contributed by atoms with Crippen molar-refractivity contribution in [3.63, 3.8) is 0 Å². The van der Waals surface area contributed by atoms with E-state index in [0.29, 0.717) is 0 Å². The number of hydrogen-bond acceptors (Lipinski definition) is 2. The Labute approximate surface area is 116 Å². The lowest BCUT2D eigenvalue weighted by Gasteiger charge is -2.08. The second kappa shape index (κ2) is 5.53. The lowest BCUT2D eigenvalue weighted by Crippen LogP contribution is -1.90. The number of pyridine rings is 1. The summed E-state index contributed by atoms with van der Waals surface area (Å²) in [4.78, 5) is 3.98. The maximum absolute atomic E-state index is 13.0. The van der Waals surface area contributed by atoms with Gasteiger partial charge in [-0.2, -0.15) is 0 Å². The molecule has 0 atom stereocenters. The predicted molar refractivity (Wildman–Crippen MR) is 79.4 cm³/mol. The molecule has 0 saturated heterocycles. The van der Waals surface area contributed by atoms with Gasteiger partial charge in [-0.1, -0.05) is 24.3 Å². The summed E-state index contributed by atoms with van der Waals surface area (Å²) in [6.07, 6.45) is 3.48. The van der Waals surface area contributed by atoms with Crippen molar-refractivity contribution in [3.8, 4) is 11.1 Å². The van der Waals surface area contributed by atoms with E-state index in [-0.39, 0.29) is 5.82 Å². The third-order valence-corrected chi connectivity index (χ3v) is 3.01. The maximum Gasteiger partial charge on any atom is 0.123 e. The normalized spacial score (nSPS) is 10.2. The fourth-order valence-electron chi connectivity index (χ4n) is 2.02. The van der Waals surface area contributed by atoms with Crippen molar-refractivity contribution in [2.45, 2.75) is 0 Å². The standard InChI is InChI=1S/C17H13FN2/c18-15-6-4-13(5-7-15)14-2-1-3-17(12-14)20-16-8-10-19-11-9-16/h1-12H,(H,19,20). The zero-order chi connectivity index (χ0) is 13.8. The van der Waals surface area contributed by atoms with E-state index in [2.05, 4.69) is 10.3 Å². The monoisotopic (exact) mass is 264 g/mol. The van der Waals surface area contributed by atoms with Gasteiger partial charge >= 0.3 is 0 Å². The number of rotatable bonds is 3. The molecule has 3 rings (SSSR count). The number of anilines is 2. The number of aromatic nitrogens is 1. The number of hydrogen-bond donors (Lipinski definition) is 1. The van der Waals surface area contributed by atoms with Gasteiger partial charge in [0, 0.05) is 23.8 Å². The van der Waals surface area contributed by atoms with Gasteiger partial charge in [0.05, 0.1) is 0 Å². The minimum absolute atomic E-state index is 0.222. The summed E-state index contributed by atoms with van der Waals surface area (Å²) in [5, 5.41) is 3.31. The molecule has 0 fully saturated rings. The molecule has 1 aromatic heterocycles. The summed E-state index contributed by atoms with van der Waals surface area (Å²) in [6.45, 7) is 0. The van der Waals surface area contributed by atoms with Gasteiger partial charge in [0.25, 0.3) is 0 Å². The Morgan fingerprint density at radius 2 is 1.50 bits per heavy atom. The fraction of sp³-hybridized carbons (Fsp3) is 0. The molecular weight excluding hydrogens is 251 g/mol. The number of halogens is 1. The lowest BCUT2D eigenvalue weighted by atomic mass is 10.1. The van der Waals surface area contributed by atoms with Crippen molar-refractivity contribution in [2.24, 2.45) is 0 Å². The van der Waals surface area contributed by atoms with Gasteiger partial charge in [0.2, 0.25) is 0 Å². The zero-order valence-electron chi connectivity index (χ0n) is 10.8. The van der Waals surface area contributed by atoms with Crippen LogP contribution in [0.4, 0.5) is 15.8 Å². The van der Waals surface area contributed by atoms with E-state index in [1.165, 1.54) is 12.1 Å². The summed E-state index contributed by atoms with van der Waals surface area (Å²) in [5.74, 6) is -0.222. The summed E-state index contributed by atoms with van der Waals surface area (Å²) in [7, 11) is 0. The van der Waals surface area contributed by atoms with Crippen LogP contribution in [0.3, 0.4) is 0 Å². The van der Waals surface area contributed by atoms with E-state index in [1.807, 2.05) is 36.4 Å². The average Bonchev–Trinajstić information content (AvgIpc) is 2.49. The predicted octanol–water partition coefficient (Wildman–Crippen LogP) is 4.63. The van der Waals surface area contributed by atoms with Gasteiger partial charge in [0.1, 0.15) is 5.82 Å². The van der Waals surface area contributed by atoms with Gasteiger partial charge in [0.15, 0.2) is 0 Å². The van der Waals surface area contributed by atoms with Crippen LogP contribution in [0.1, 0.15) is 0 Å². The third kappa shape index (κ3) is 2.83. The maximum atomic E-state index is 13.0. The smallest absolute Gasteiger partial charge is 0.123 e. The van der Waals surface area contributed by atoms with Crippen molar-refractivity contribution in [1.29, 1.82) is 0 Å². The molecule has 0 amide bonds.